The van der Waals surface area contributed by atoms with Crippen molar-refractivity contribution in [1.29, 1.82) is 0 Å². The van der Waals surface area contributed by atoms with Crippen LogP contribution in [0.4, 0.5) is 13.2 Å². The molecule has 0 saturated carbocycles. The Labute approximate surface area is 152 Å². The zero-order valence-electron chi connectivity index (χ0n) is 14.2. The second-order valence-corrected chi connectivity index (χ2v) is 5.91. The molecule has 136 valence electrons. The average molecular weight is 369 g/mol. The van der Waals surface area contributed by atoms with Gasteiger partial charge in [0.1, 0.15) is 12.1 Å². The van der Waals surface area contributed by atoms with E-state index in [1.165, 1.54) is 18.5 Å². The number of alkyl halides is 3. The van der Waals surface area contributed by atoms with E-state index in [4.69, 9.17) is 4.74 Å². The maximum absolute atomic E-state index is 12.9. The molecule has 0 N–H and O–H groups in total. The molecule has 0 aliphatic carbocycles. The number of para-hydroxylation sites is 1. The first-order chi connectivity index (χ1) is 13.0. The minimum absolute atomic E-state index is 0.554. The molecule has 0 spiro atoms. The summed E-state index contributed by atoms with van der Waals surface area (Å²) in [5, 5.41) is 4.13. The maximum Gasteiger partial charge on any atom is 0.416 e. The monoisotopic (exact) mass is 369 g/mol. The zero-order chi connectivity index (χ0) is 19.0. The largest absolute Gasteiger partial charge is 0.496 e. The van der Waals surface area contributed by atoms with Gasteiger partial charge in [0, 0.05) is 17.3 Å². The number of hydrogen-bond acceptors (Lipinski definition) is 3. The summed E-state index contributed by atoms with van der Waals surface area (Å²) in [6.07, 6.45) is -1.21. The summed E-state index contributed by atoms with van der Waals surface area (Å²) < 4.78 is 45.8. The molecule has 4 rings (SSSR count). The summed E-state index contributed by atoms with van der Waals surface area (Å²) in [6.45, 7) is 0. The molecular formula is C20H14F3N3O. The van der Waals surface area contributed by atoms with Crippen molar-refractivity contribution < 1.29 is 17.9 Å². The Hall–Kier alpha value is -3.35. The molecule has 4 aromatic rings. The molecule has 0 fully saturated rings. The van der Waals surface area contributed by atoms with Crippen molar-refractivity contribution >= 4 is 5.65 Å². The van der Waals surface area contributed by atoms with E-state index in [0.717, 1.165) is 23.3 Å². The van der Waals surface area contributed by atoms with Crippen molar-refractivity contribution in [1.82, 2.24) is 14.6 Å². The van der Waals surface area contributed by atoms with Crippen LogP contribution in [0, 0.1) is 0 Å². The second-order valence-electron chi connectivity index (χ2n) is 5.91. The Bertz CT molecular complexity index is 1100. The second kappa shape index (κ2) is 6.42. The molecule has 2 heterocycles. The molecule has 0 radical (unpaired) electrons. The normalized spacial score (nSPS) is 11.7. The smallest absolute Gasteiger partial charge is 0.416 e. The molecule has 7 heteroatoms. The van der Waals surface area contributed by atoms with Gasteiger partial charge in [-0.1, -0.05) is 30.3 Å². The van der Waals surface area contributed by atoms with Crippen LogP contribution in [-0.2, 0) is 6.18 Å². The van der Waals surface area contributed by atoms with Crippen LogP contribution in [0.2, 0.25) is 0 Å². The first-order valence-corrected chi connectivity index (χ1v) is 8.12. The number of halogens is 3. The van der Waals surface area contributed by atoms with Crippen LogP contribution in [0.3, 0.4) is 0 Å². The molecule has 0 atom stereocenters. The fraction of sp³-hybridized carbons (Fsp3) is 0.100. The molecule has 0 unspecified atom stereocenters. The topological polar surface area (TPSA) is 39.4 Å². The van der Waals surface area contributed by atoms with Crippen molar-refractivity contribution in [2.75, 3.05) is 7.11 Å². The number of fused-ring (bicyclic) bond motifs is 1. The lowest BCUT2D eigenvalue weighted by atomic mass is 9.94. The van der Waals surface area contributed by atoms with Crippen LogP contribution in [0.25, 0.3) is 27.9 Å². The lowest BCUT2D eigenvalue weighted by Crippen LogP contribution is -2.04. The van der Waals surface area contributed by atoms with Crippen molar-refractivity contribution in [2.24, 2.45) is 0 Å². The molecule has 27 heavy (non-hydrogen) atoms. The summed E-state index contributed by atoms with van der Waals surface area (Å²) in [5.74, 6) is 0.662. The molecule has 4 nitrogen and oxygen atoms in total. The Kier molecular flexibility index (Phi) is 4.07. The Morgan fingerprint density at radius 2 is 1.67 bits per heavy atom. The van der Waals surface area contributed by atoms with Crippen LogP contribution in [0.1, 0.15) is 5.56 Å². The van der Waals surface area contributed by atoms with Crippen LogP contribution < -0.4 is 4.74 Å². The van der Waals surface area contributed by atoms with Gasteiger partial charge in [-0.3, -0.25) is 0 Å². The maximum atomic E-state index is 12.9. The van der Waals surface area contributed by atoms with Gasteiger partial charge in [0.2, 0.25) is 0 Å². The van der Waals surface area contributed by atoms with E-state index in [-0.39, 0.29) is 0 Å². The number of benzene rings is 2. The summed E-state index contributed by atoms with van der Waals surface area (Å²) in [7, 11) is 1.58. The van der Waals surface area contributed by atoms with Crippen molar-refractivity contribution in [3.05, 3.63) is 72.7 Å². The molecule has 0 amide bonds. The molecular weight excluding hydrogens is 355 g/mol. The van der Waals surface area contributed by atoms with E-state index in [2.05, 4.69) is 10.1 Å². The minimum Gasteiger partial charge on any atom is -0.496 e. The quantitative estimate of drug-likeness (QED) is 0.505. The predicted octanol–water partition coefficient (Wildman–Crippen LogP) is 5.09. The van der Waals surface area contributed by atoms with Crippen molar-refractivity contribution in [2.45, 2.75) is 6.18 Å². The fourth-order valence-electron chi connectivity index (χ4n) is 3.09. The molecule has 0 aliphatic heterocycles. The highest BCUT2D eigenvalue weighted by Crippen LogP contribution is 2.39. The van der Waals surface area contributed by atoms with Gasteiger partial charge < -0.3 is 4.74 Å². The van der Waals surface area contributed by atoms with Gasteiger partial charge in [0.25, 0.3) is 0 Å². The van der Waals surface area contributed by atoms with E-state index in [1.54, 1.807) is 17.8 Å². The van der Waals surface area contributed by atoms with Gasteiger partial charge in [-0.05, 0) is 35.4 Å². The molecule has 2 aromatic carbocycles. The standard InChI is InChI=1S/C20H14F3N3O/c1-27-17-5-3-2-4-15(17)16-10-11-26-19(24-12-25-26)18(16)13-6-8-14(9-7-13)20(21,22)23/h2-12H,1H3. The summed E-state index contributed by atoms with van der Waals surface area (Å²) in [6, 6.07) is 14.4. The molecule has 0 bridgehead atoms. The SMILES string of the molecule is COc1ccccc1-c1ccn2ncnc2c1-c1ccc(C(F)(F)F)cc1. The first-order valence-electron chi connectivity index (χ1n) is 8.12. The fourth-order valence-corrected chi connectivity index (χ4v) is 3.09. The highest BCUT2D eigenvalue weighted by Gasteiger charge is 2.30. The number of ether oxygens (including phenoxy) is 1. The van der Waals surface area contributed by atoms with E-state index in [9.17, 15) is 13.2 Å². The Balaban J connectivity index is 1.97. The number of rotatable bonds is 3. The number of methoxy groups -OCH3 is 1. The van der Waals surface area contributed by atoms with Crippen molar-refractivity contribution in [3.63, 3.8) is 0 Å². The highest BCUT2D eigenvalue weighted by molar-refractivity contribution is 5.93. The van der Waals surface area contributed by atoms with Gasteiger partial charge in [0.15, 0.2) is 5.65 Å². The zero-order valence-corrected chi connectivity index (χ0v) is 14.2. The molecule has 0 aliphatic rings. The van der Waals surface area contributed by atoms with Gasteiger partial charge in [-0.15, -0.1) is 0 Å². The summed E-state index contributed by atoms with van der Waals surface area (Å²) in [4.78, 5) is 4.30. The van der Waals surface area contributed by atoms with Gasteiger partial charge in [-0.2, -0.15) is 18.3 Å². The third kappa shape index (κ3) is 3.01. The van der Waals surface area contributed by atoms with Crippen LogP contribution >= 0.6 is 0 Å². The lowest BCUT2D eigenvalue weighted by Gasteiger charge is -2.15. The Morgan fingerprint density at radius 3 is 2.37 bits per heavy atom. The molecule has 0 saturated heterocycles. The number of nitrogens with zero attached hydrogens (tertiary/aromatic N) is 3. The van der Waals surface area contributed by atoms with Crippen molar-refractivity contribution in [3.8, 4) is 28.0 Å². The van der Waals surface area contributed by atoms with Gasteiger partial charge in [-0.25, -0.2) is 9.50 Å². The summed E-state index contributed by atoms with van der Waals surface area (Å²) in [5.41, 5.74) is 2.78. The molecule has 2 aromatic heterocycles. The van der Waals surface area contributed by atoms with Gasteiger partial charge in [0.05, 0.1) is 12.7 Å². The van der Waals surface area contributed by atoms with Crippen LogP contribution in [0.5, 0.6) is 5.75 Å². The number of aromatic nitrogens is 3. The van der Waals surface area contributed by atoms with E-state index >= 15 is 0 Å². The lowest BCUT2D eigenvalue weighted by molar-refractivity contribution is -0.137. The number of hydrogen-bond donors (Lipinski definition) is 0. The van der Waals surface area contributed by atoms with Gasteiger partial charge >= 0.3 is 6.18 Å². The third-order valence-corrected chi connectivity index (χ3v) is 4.35. The van der Waals surface area contributed by atoms with Crippen LogP contribution in [0.15, 0.2) is 67.1 Å². The minimum atomic E-state index is -4.38. The Morgan fingerprint density at radius 1 is 0.926 bits per heavy atom. The first kappa shape index (κ1) is 17.1. The van der Waals surface area contributed by atoms with Crippen LogP contribution in [-0.4, -0.2) is 21.7 Å². The highest BCUT2D eigenvalue weighted by atomic mass is 19.4. The summed E-state index contributed by atoms with van der Waals surface area (Å²) >= 11 is 0. The predicted molar refractivity (Wildman–Crippen MR) is 95.4 cm³/mol. The van der Waals surface area contributed by atoms with E-state index < -0.39 is 11.7 Å². The number of pyridine rings is 1. The average Bonchev–Trinajstić information content (AvgIpc) is 3.15. The van der Waals surface area contributed by atoms with E-state index in [0.29, 0.717) is 22.5 Å². The third-order valence-electron chi connectivity index (χ3n) is 4.35. The van der Waals surface area contributed by atoms with E-state index in [1.807, 2.05) is 30.3 Å².